The second-order valence-corrected chi connectivity index (χ2v) is 3.27. The Kier molecular flexibility index (Phi) is 4.42. The van der Waals surface area contributed by atoms with Gasteiger partial charge >= 0.3 is 0 Å². The van der Waals surface area contributed by atoms with E-state index < -0.39 is 13.0 Å². The topological polar surface area (TPSA) is 57.4 Å². The number of halogens is 2. The number of ether oxygens (including phenoxy) is 2. The number of nitrogens with zero attached hydrogens (tertiary/aromatic N) is 1. The molecule has 1 aromatic rings. The Morgan fingerprint density at radius 1 is 1.50 bits per heavy atom. The minimum Gasteiger partial charge on any atom is -0.491 e. The summed E-state index contributed by atoms with van der Waals surface area (Å²) in [4.78, 5) is 3.88. The van der Waals surface area contributed by atoms with Gasteiger partial charge in [-0.05, 0) is 18.6 Å². The molecule has 0 spiro atoms. The fourth-order valence-electron chi connectivity index (χ4n) is 1.09. The van der Waals surface area contributed by atoms with E-state index in [0.29, 0.717) is 5.75 Å². The predicted molar refractivity (Wildman–Crippen MR) is 54.9 cm³/mol. The van der Waals surface area contributed by atoms with Crippen LogP contribution in [-0.2, 0) is 0 Å². The van der Waals surface area contributed by atoms with Crippen molar-refractivity contribution in [2.24, 2.45) is 5.73 Å². The lowest BCUT2D eigenvalue weighted by Gasteiger charge is -2.12. The zero-order chi connectivity index (χ0) is 12.1. The first-order chi connectivity index (χ1) is 7.54. The molecule has 6 heteroatoms. The second kappa shape index (κ2) is 5.60. The van der Waals surface area contributed by atoms with Crippen LogP contribution in [0.25, 0.3) is 0 Å². The molecule has 1 rings (SSSR count). The molecule has 0 bridgehead atoms. The number of alkyl halides is 2. The average molecular weight is 232 g/mol. The number of hydrogen-bond donors (Lipinski definition) is 1. The van der Waals surface area contributed by atoms with E-state index in [4.69, 9.17) is 15.2 Å². The summed E-state index contributed by atoms with van der Waals surface area (Å²) in [5, 5.41) is 0. The van der Waals surface area contributed by atoms with E-state index in [-0.39, 0.29) is 11.9 Å². The molecule has 0 radical (unpaired) electrons. The Hall–Kier alpha value is -1.43. The lowest BCUT2D eigenvalue weighted by atomic mass is 10.1. The number of hydrogen-bond acceptors (Lipinski definition) is 4. The van der Waals surface area contributed by atoms with Crippen LogP contribution in [0.15, 0.2) is 12.3 Å². The van der Waals surface area contributed by atoms with Crippen LogP contribution >= 0.6 is 0 Å². The van der Waals surface area contributed by atoms with Crippen LogP contribution in [0.5, 0.6) is 11.6 Å². The van der Waals surface area contributed by atoms with Crippen molar-refractivity contribution in [2.75, 3.05) is 13.7 Å². The van der Waals surface area contributed by atoms with Gasteiger partial charge in [-0.1, -0.05) is 0 Å². The highest BCUT2D eigenvalue weighted by atomic mass is 19.3. The number of rotatable bonds is 5. The SMILES string of the molecule is COc1cc(C(C)N)cnc1OCC(F)F. The first-order valence-corrected chi connectivity index (χ1v) is 4.75. The van der Waals surface area contributed by atoms with Crippen molar-refractivity contribution in [3.8, 4) is 11.6 Å². The molecule has 0 aliphatic rings. The molecule has 2 N–H and O–H groups in total. The van der Waals surface area contributed by atoms with Crippen LogP contribution < -0.4 is 15.2 Å². The van der Waals surface area contributed by atoms with Crippen molar-refractivity contribution in [1.29, 1.82) is 0 Å². The van der Waals surface area contributed by atoms with Gasteiger partial charge < -0.3 is 15.2 Å². The van der Waals surface area contributed by atoms with Crippen molar-refractivity contribution in [1.82, 2.24) is 4.98 Å². The Morgan fingerprint density at radius 3 is 2.69 bits per heavy atom. The molecule has 4 nitrogen and oxygen atoms in total. The van der Waals surface area contributed by atoms with E-state index in [1.165, 1.54) is 13.3 Å². The minimum atomic E-state index is -2.54. The quantitative estimate of drug-likeness (QED) is 0.840. The highest BCUT2D eigenvalue weighted by molar-refractivity contribution is 5.37. The van der Waals surface area contributed by atoms with Gasteiger partial charge in [0.2, 0.25) is 0 Å². The van der Waals surface area contributed by atoms with E-state index >= 15 is 0 Å². The lowest BCUT2D eigenvalue weighted by molar-refractivity contribution is 0.0779. The Bertz CT molecular complexity index is 346. The zero-order valence-corrected chi connectivity index (χ0v) is 9.11. The maximum atomic E-state index is 12.0. The molecule has 0 aliphatic heterocycles. The summed E-state index contributed by atoms with van der Waals surface area (Å²) in [6, 6.07) is 1.42. The third-order valence-electron chi connectivity index (χ3n) is 1.93. The van der Waals surface area contributed by atoms with Crippen LogP contribution in [0.1, 0.15) is 18.5 Å². The molecule has 1 heterocycles. The second-order valence-electron chi connectivity index (χ2n) is 3.27. The van der Waals surface area contributed by atoms with E-state index in [1.807, 2.05) is 0 Å². The average Bonchev–Trinajstić information content (AvgIpc) is 2.25. The van der Waals surface area contributed by atoms with Gasteiger partial charge in [0.15, 0.2) is 12.4 Å². The van der Waals surface area contributed by atoms with Crippen LogP contribution in [0, 0.1) is 0 Å². The van der Waals surface area contributed by atoms with E-state index in [9.17, 15) is 8.78 Å². The van der Waals surface area contributed by atoms with Gasteiger partial charge in [-0.3, -0.25) is 0 Å². The monoisotopic (exact) mass is 232 g/mol. The smallest absolute Gasteiger partial charge is 0.272 e. The summed E-state index contributed by atoms with van der Waals surface area (Å²) in [7, 11) is 1.41. The maximum Gasteiger partial charge on any atom is 0.272 e. The molecule has 0 fully saturated rings. The largest absolute Gasteiger partial charge is 0.491 e. The first kappa shape index (κ1) is 12.6. The maximum absolute atomic E-state index is 12.0. The molecular weight excluding hydrogens is 218 g/mol. The predicted octanol–water partition coefficient (Wildman–Crippen LogP) is 1.75. The van der Waals surface area contributed by atoms with Gasteiger partial charge in [-0.2, -0.15) is 0 Å². The van der Waals surface area contributed by atoms with Crippen molar-refractivity contribution in [3.63, 3.8) is 0 Å². The number of aromatic nitrogens is 1. The molecule has 0 saturated heterocycles. The van der Waals surface area contributed by atoms with Gasteiger partial charge in [0.1, 0.15) is 0 Å². The van der Waals surface area contributed by atoms with Crippen LogP contribution in [0.3, 0.4) is 0 Å². The Labute approximate surface area is 92.4 Å². The minimum absolute atomic E-state index is 0.0483. The first-order valence-electron chi connectivity index (χ1n) is 4.75. The normalized spacial score (nSPS) is 12.6. The molecule has 1 aromatic heterocycles. The van der Waals surface area contributed by atoms with Crippen LogP contribution in [0.2, 0.25) is 0 Å². The highest BCUT2D eigenvalue weighted by Crippen LogP contribution is 2.27. The molecule has 90 valence electrons. The molecule has 0 aliphatic carbocycles. The fourth-order valence-corrected chi connectivity index (χ4v) is 1.09. The van der Waals surface area contributed by atoms with Crippen LogP contribution in [0.4, 0.5) is 8.78 Å². The van der Waals surface area contributed by atoms with E-state index in [1.54, 1.807) is 13.0 Å². The lowest BCUT2D eigenvalue weighted by Crippen LogP contribution is -2.10. The Morgan fingerprint density at radius 2 is 2.19 bits per heavy atom. The molecule has 1 atom stereocenters. The van der Waals surface area contributed by atoms with Gasteiger partial charge in [0, 0.05) is 12.2 Å². The molecule has 16 heavy (non-hydrogen) atoms. The fraction of sp³-hybridized carbons (Fsp3) is 0.500. The van der Waals surface area contributed by atoms with Crippen molar-refractivity contribution in [3.05, 3.63) is 17.8 Å². The van der Waals surface area contributed by atoms with Crippen molar-refractivity contribution >= 4 is 0 Å². The highest BCUT2D eigenvalue weighted by Gasteiger charge is 2.12. The summed E-state index contributed by atoms with van der Waals surface area (Å²) in [6.45, 7) is 1.08. The van der Waals surface area contributed by atoms with Crippen LogP contribution in [-0.4, -0.2) is 25.1 Å². The third-order valence-corrected chi connectivity index (χ3v) is 1.93. The summed E-state index contributed by atoms with van der Waals surface area (Å²) >= 11 is 0. The summed E-state index contributed by atoms with van der Waals surface area (Å²) in [5.41, 5.74) is 6.40. The third kappa shape index (κ3) is 3.30. The van der Waals surface area contributed by atoms with Crippen molar-refractivity contribution < 1.29 is 18.3 Å². The van der Waals surface area contributed by atoms with Gasteiger partial charge in [-0.25, -0.2) is 13.8 Å². The molecular formula is C10H14F2N2O2. The summed E-state index contributed by atoms with van der Waals surface area (Å²) in [6.07, 6.45) is -1.06. The standard InChI is InChI=1S/C10H14F2N2O2/c1-6(13)7-3-8(15-2)10(14-4-7)16-5-9(11)12/h3-4,6,9H,5,13H2,1-2H3. The zero-order valence-electron chi connectivity index (χ0n) is 9.11. The van der Waals surface area contributed by atoms with E-state index in [2.05, 4.69) is 4.98 Å². The molecule has 0 aromatic carbocycles. The summed E-state index contributed by atoms with van der Waals surface area (Å²) < 4.78 is 33.7. The van der Waals surface area contributed by atoms with Gasteiger partial charge in [0.05, 0.1) is 7.11 Å². The molecule has 0 saturated carbocycles. The molecule has 1 unspecified atom stereocenters. The number of nitrogens with two attached hydrogens (primary N) is 1. The Balaban J connectivity index is 2.84. The van der Waals surface area contributed by atoms with Crippen molar-refractivity contribution in [2.45, 2.75) is 19.4 Å². The van der Waals surface area contributed by atoms with Gasteiger partial charge in [0.25, 0.3) is 12.3 Å². The summed E-state index contributed by atoms with van der Waals surface area (Å²) in [5.74, 6) is 0.350. The number of methoxy groups -OCH3 is 1. The number of pyridine rings is 1. The van der Waals surface area contributed by atoms with E-state index in [0.717, 1.165) is 5.56 Å². The molecule has 0 amide bonds. The van der Waals surface area contributed by atoms with Gasteiger partial charge in [-0.15, -0.1) is 0 Å².